The maximum atomic E-state index is 12.5. The van der Waals surface area contributed by atoms with Crippen LogP contribution in [-0.4, -0.2) is 25.3 Å². The molecule has 1 amide bonds. The molecule has 0 unspecified atom stereocenters. The normalized spacial score (nSPS) is 28.1. The molecule has 0 aromatic heterocycles. The minimum atomic E-state index is -0.318. The van der Waals surface area contributed by atoms with E-state index in [9.17, 15) is 4.79 Å². The molecule has 3 atom stereocenters. The first-order valence-electron chi connectivity index (χ1n) is 7.21. The third kappa shape index (κ3) is 2.35. The smallest absolute Gasteiger partial charge is 0.224 e. The lowest BCUT2D eigenvalue weighted by molar-refractivity contribution is -0.124. The van der Waals surface area contributed by atoms with Crippen molar-refractivity contribution in [2.45, 2.75) is 24.3 Å². The number of carbonyl (C=O) groups is 1. The van der Waals surface area contributed by atoms with Crippen LogP contribution in [0.2, 0.25) is 0 Å². The van der Waals surface area contributed by atoms with E-state index in [4.69, 9.17) is 0 Å². The molecular weight excluding hydrogens is 268 g/mol. The molecule has 2 N–H and O–H groups in total. The van der Waals surface area contributed by atoms with Crippen LogP contribution in [-0.2, 0) is 10.3 Å². The van der Waals surface area contributed by atoms with Gasteiger partial charge >= 0.3 is 0 Å². The van der Waals surface area contributed by atoms with Crippen LogP contribution in [0.3, 0.4) is 0 Å². The Morgan fingerprint density at radius 2 is 1.95 bits per heavy atom. The molecule has 3 rings (SSSR count). The molecular formula is C16H22N2OS. The van der Waals surface area contributed by atoms with Gasteiger partial charge in [-0.25, -0.2) is 0 Å². The number of hydrogen-bond acceptors (Lipinski definition) is 3. The highest BCUT2D eigenvalue weighted by atomic mass is 32.2. The largest absolute Gasteiger partial charge is 0.347 e. The second kappa shape index (κ2) is 5.08. The van der Waals surface area contributed by atoms with Gasteiger partial charge in [-0.15, -0.1) is 11.8 Å². The summed E-state index contributed by atoms with van der Waals surface area (Å²) < 4.78 is 0. The van der Waals surface area contributed by atoms with Crippen LogP contribution < -0.4 is 10.6 Å². The SMILES string of the molecule is CSc1ccccc1C(C)(C)NC(=O)[C@H]1[C@@H]2CNC[C@@H]21. The van der Waals surface area contributed by atoms with E-state index in [0.717, 1.165) is 13.1 Å². The monoisotopic (exact) mass is 290 g/mol. The van der Waals surface area contributed by atoms with Crippen LogP contribution in [0.25, 0.3) is 0 Å². The van der Waals surface area contributed by atoms with Crippen molar-refractivity contribution >= 4 is 17.7 Å². The minimum Gasteiger partial charge on any atom is -0.347 e. The standard InChI is InChI=1S/C16H22N2OS/c1-16(2,12-6-4-5-7-13(12)20-3)18-15(19)14-10-8-17-9-11(10)14/h4-7,10-11,14,17H,8-9H2,1-3H3,(H,18,19)/t10-,11+,14+. The Kier molecular flexibility index (Phi) is 3.55. The Balaban J connectivity index is 1.73. The van der Waals surface area contributed by atoms with Crippen molar-refractivity contribution < 1.29 is 4.79 Å². The Bertz CT molecular complexity index is 519. The summed E-state index contributed by atoms with van der Waals surface area (Å²) in [5.41, 5.74) is 0.880. The molecule has 0 bridgehead atoms. The topological polar surface area (TPSA) is 41.1 Å². The molecule has 1 saturated heterocycles. The zero-order chi connectivity index (χ0) is 14.3. The summed E-state index contributed by atoms with van der Waals surface area (Å²) in [6, 6.07) is 8.31. The van der Waals surface area contributed by atoms with E-state index in [1.807, 2.05) is 12.1 Å². The van der Waals surface area contributed by atoms with Gasteiger partial charge in [0.05, 0.1) is 5.54 Å². The van der Waals surface area contributed by atoms with Gasteiger partial charge in [-0.2, -0.15) is 0 Å². The highest BCUT2D eigenvalue weighted by Gasteiger charge is 2.57. The number of rotatable bonds is 4. The molecule has 1 aliphatic heterocycles. The van der Waals surface area contributed by atoms with Gasteiger partial charge in [-0.1, -0.05) is 18.2 Å². The van der Waals surface area contributed by atoms with E-state index in [-0.39, 0.29) is 17.4 Å². The first-order valence-corrected chi connectivity index (χ1v) is 8.43. The summed E-state index contributed by atoms with van der Waals surface area (Å²) in [7, 11) is 0. The molecule has 0 spiro atoms. The van der Waals surface area contributed by atoms with Crippen molar-refractivity contribution in [3.63, 3.8) is 0 Å². The van der Waals surface area contributed by atoms with Crippen LogP contribution >= 0.6 is 11.8 Å². The van der Waals surface area contributed by atoms with Crippen LogP contribution in [0.4, 0.5) is 0 Å². The molecule has 1 aliphatic carbocycles. The number of fused-ring (bicyclic) bond motifs is 1. The summed E-state index contributed by atoms with van der Waals surface area (Å²) in [5.74, 6) is 1.60. The predicted molar refractivity (Wildman–Crippen MR) is 82.7 cm³/mol. The van der Waals surface area contributed by atoms with Crippen LogP contribution in [0, 0.1) is 17.8 Å². The summed E-state index contributed by atoms with van der Waals surface area (Å²) in [6.07, 6.45) is 2.08. The molecule has 4 heteroatoms. The number of benzene rings is 1. The second-order valence-electron chi connectivity index (χ2n) is 6.33. The molecule has 20 heavy (non-hydrogen) atoms. The lowest BCUT2D eigenvalue weighted by Gasteiger charge is -2.29. The van der Waals surface area contributed by atoms with Gasteiger partial charge in [0, 0.05) is 10.8 Å². The van der Waals surface area contributed by atoms with Crippen molar-refractivity contribution in [1.82, 2.24) is 10.6 Å². The fraction of sp³-hybridized carbons (Fsp3) is 0.562. The summed E-state index contributed by atoms with van der Waals surface area (Å²) in [5, 5.41) is 6.59. The third-order valence-electron chi connectivity index (χ3n) is 4.61. The summed E-state index contributed by atoms with van der Waals surface area (Å²) in [4.78, 5) is 13.7. The average molecular weight is 290 g/mol. The summed E-state index contributed by atoms with van der Waals surface area (Å²) >= 11 is 1.73. The lowest BCUT2D eigenvalue weighted by atomic mass is 9.93. The van der Waals surface area contributed by atoms with E-state index in [2.05, 4.69) is 42.9 Å². The molecule has 2 aliphatic rings. The number of thioether (sulfide) groups is 1. The van der Waals surface area contributed by atoms with Crippen molar-refractivity contribution in [2.75, 3.05) is 19.3 Å². The summed E-state index contributed by atoms with van der Waals surface area (Å²) in [6.45, 7) is 6.20. The van der Waals surface area contributed by atoms with Gasteiger partial charge in [-0.3, -0.25) is 4.79 Å². The number of amides is 1. The molecule has 108 valence electrons. The first-order chi connectivity index (χ1) is 9.54. The van der Waals surface area contributed by atoms with E-state index in [1.54, 1.807) is 11.8 Å². The minimum absolute atomic E-state index is 0.224. The molecule has 2 fully saturated rings. The Hall–Kier alpha value is -1.00. The first kappa shape index (κ1) is 14.0. The third-order valence-corrected chi connectivity index (χ3v) is 5.41. The zero-order valence-electron chi connectivity index (χ0n) is 12.3. The number of nitrogens with one attached hydrogen (secondary N) is 2. The number of carbonyl (C=O) groups excluding carboxylic acids is 1. The van der Waals surface area contributed by atoms with Gasteiger partial charge in [-0.05, 0) is 56.7 Å². The van der Waals surface area contributed by atoms with Crippen LogP contribution in [0.1, 0.15) is 19.4 Å². The average Bonchev–Trinajstić information content (AvgIpc) is 2.92. The predicted octanol–water partition coefficient (Wildman–Crippen LogP) is 2.23. The van der Waals surface area contributed by atoms with Crippen LogP contribution in [0.15, 0.2) is 29.2 Å². The highest BCUT2D eigenvalue weighted by Crippen LogP contribution is 2.49. The fourth-order valence-electron chi connectivity index (χ4n) is 3.43. The molecule has 3 nitrogen and oxygen atoms in total. The molecule has 1 heterocycles. The second-order valence-corrected chi connectivity index (χ2v) is 7.17. The van der Waals surface area contributed by atoms with Gasteiger partial charge in [0.25, 0.3) is 0 Å². The van der Waals surface area contributed by atoms with Crippen molar-refractivity contribution in [3.8, 4) is 0 Å². The fourth-order valence-corrected chi connectivity index (χ4v) is 4.18. The Labute approximate surface area is 124 Å². The van der Waals surface area contributed by atoms with E-state index < -0.39 is 0 Å². The lowest BCUT2D eigenvalue weighted by Crippen LogP contribution is -2.43. The molecule has 1 saturated carbocycles. The maximum absolute atomic E-state index is 12.5. The van der Waals surface area contributed by atoms with Gasteiger partial charge < -0.3 is 10.6 Å². The van der Waals surface area contributed by atoms with Crippen LogP contribution in [0.5, 0.6) is 0 Å². The van der Waals surface area contributed by atoms with E-state index in [1.165, 1.54) is 10.5 Å². The van der Waals surface area contributed by atoms with E-state index >= 15 is 0 Å². The maximum Gasteiger partial charge on any atom is 0.224 e. The highest BCUT2D eigenvalue weighted by molar-refractivity contribution is 7.98. The quantitative estimate of drug-likeness (QED) is 0.836. The Morgan fingerprint density at radius 1 is 1.30 bits per heavy atom. The number of hydrogen-bond donors (Lipinski definition) is 2. The van der Waals surface area contributed by atoms with Crippen molar-refractivity contribution in [1.29, 1.82) is 0 Å². The zero-order valence-corrected chi connectivity index (χ0v) is 13.1. The van der Waals surface area contributed by atoms with Gasteiger partial charge in [0.1, 0.15) is 0 Å². The van der Waals surface area contributed by atoms with Crippen molar-refractivity contribution in [3.05, 3.63) is 29.8 Å². The van der Waals surface area contributed by atoms with Crippen molar-refractivity contribution in [2.24, 2.45) is 17.8 Å². The molecule has 1 aromatic carbocycles. The van der Waals surface area contributed by atoms with Gasteiger partial charge in [0.15, 0.2) is 0 Å². The van der Waals surface area contributed by atoms with E-state index in [0.29, 0.717) is 11.8 Å². The molecule has 1 aromatic rings. The molecule has 0 radical (unpaired) electrons. The Morgan fingerprint density at radius 3 is 2.60 bits per heavy atom. The van der Waals surface area contributed by atoms with Gasteiger partial charge in [0.2, 0.25) is 5.91 Å². The number of piperidine rings is 1.